The summed E-state index contributed by atoms with van der Waals surface area (Å²) >= 11 is 0. The predicted octanol–water partition coefficient (Wildman–Crippen LogP) is 5.24. The van der Waals surface area contributed by atoms with Gasteiger partial charge in [-0.25, -0.2) is 0 Å². The van der Waals surface area contributed by atoms with Gasteiger partial charge in [0.1, 0.15) is 5.75 Å². The third-order valence-corrected chi connectivity index (χ3v) is 6.12. The lowest BCUT2D eigenvalue weighted by molar-refractivity contribution is 0.125. The summed E-state index contributed by atoms with van der Waals surface area (Å²) < 4.78 is 10.9. The van der Waals surface area contributed by atoms with E-state index in [0.717, 1.165) is 24.9 Å². The van der Waals surface area contributed by atoms with Gasteiger partial charge in [0.15, 0.2) is 11.5 Å². The van der Waals surface area contributed by atoms with E-state index >= 15 is 0 Å². The quantitative estimate of drug-likeness (QED) is 0.665. The second kappa shape index (κ2) is 7.80. The van der Waals surface area contributed by atoms with Crippen LogP contribution in [0.25, 0.3) is 0 Å². The topological polar surface area (TPSA) is 41.9 Å². The summed E-state index contributed by atoms with van der Waals surface area (Å²) in [4.78, 5) is 2.48. The van der Waals surface area contributed by atoms with Crippen molar-refractivity contribution in [1.29, 1.82) is 0 Å². The van der Waals surface area contributed by atoms with E-state index in [4.69, 9.17) is 9.47 Å². The first-order chi connectivity index (χ1) is 14.3. The van der Waals surface area contributed by atoms with Gasteiger partial charge in [0, 0.05) is 24.2 Å². The number of hydrogen-bond acceptors (Lipinski definition) is 4. The summed E-state index contributed by atoms with van der Waals surface area (Å²) in [6.45, 7) is 1.88. The molecular weight excluding hydrogens is 362 g/mol. The van der Waals surface area contributed by atoms with Crippen molar-refractivity contribution in [2.24, 2.45) is 0 Å². The highest BCUT2D eigenvalue weighted by atomic mass is 16.7. The lowest BCUT2D eigenvalue weighted by atomic mass is 9.82. The summed E-state index contributed by atoms with van der Waals surface area (Å²) in [5.74, 6) is 2.15. The molecule has 2 atom stereocenters. The first-order valence-corrected chi connectivity index (χ1v) is 10.2. The fraction of sp³-hybridized carbons (Fsp3) is 0.280. The molecule has 0 amide bonds. The standard InChI is InChI=1S/C25H25NO3/c27-23-15-25-24(28-17-29-25)14-21(23)16-26-12-11-20(18-7-3-1-4-8-18)13-22(26)19-9-5-2-6-10-19/h1-10,14-15,20,22,27H,11-13,16-17H2. The molecule has 5 rings (SSSR count). The van der Waals surface area contributed by atoms with Crippen LogP contribution in [0.3, 0.4) is 0 Å². The summed E-state index contributed by atoms with van der Waals surface area (Å²) in [7, 11) is 0. The first-order valence-electron chi connectivity index (χ1n) is 10.2. The minimum atomic E-state index is 0.216. The second-order valence-corrected chi connectivity index (χ2v) is 7.86. The van der Waals surface area contributed by atoms with Gasteiger partial charge < -0.3 is 14.6 Å². The lowest BCUT2D eigenvalue weighted by Crippen LogP contribution is -2.35. The maximum atomic E-state index is 10.5. The Morgan fingerprint density at radius 2 is 1.52 bits per heavy atom. The van der Waals surface area contributed by atoms with Gasteiger partial charge in [0.05, 0.1) is 0 Å². The smallest absolute Gasteiger partial charge is 0.231 e. The number of likely N-dealkylation sites (tertiary alicyclic amines) is 1. The van der Waals surface area contributed by atoms with Gasteiger partial charge in [-0.1, -0.05) is 60.7 Å². The van der Waals surface area contributed by atoms with Gasteiger partial charge in [0.2, 0.25) is 6.79 Å². The predicted molar refractivity (Wildman–Crippen MR) is 112 cm³/mol. The molecular formula is C25H25NO3. The van der Waals surface area contributed by atoms with Crippen molar-refractivity contribution in [2.45, 2.75) is 31.3 Å². The normalized spacial score (nSPS) is 21.2. The van der Waals surface area contributed by atoms with Gasteiger partial charge in [-0.3, -0.25) is 4.90 Å². The Kier molecular flexibility index (Phi) is 4.86. The third-order valence-electron chi connectivity index (χ3n) is 6.12. The van der Waals surface area contributed by atoms with E-state index in [2.05, 4.69) is 65.6 Å². The molecule has 1 saturated heterocycles. The van der Waals surface area contributed by atoms with Crippen LogP contribution in [0.1, 0.15) is 41.5 Å². The zero-order valence-electron chi connectivity index (χ0n) is 16.3. The molecule has 2 heterocycles. The second-order valence-electron chi connectivity index (χ2n) is 7.86. The van der Waals surface area contributed by atoms with Gasteiger partial charge in [-0.2, -0.15) is 0 Å². The molecule has 0 spiro atoms. The van der Waals surface area contributed by atoms with Crippen LogP contribution in [0, 0.1) is 0 Å². The van der Waals surface area contributed by atoms with E-state index in [1.165, 1.54) is 11.1 Å². The van der Waals surface area contributed by atoms with E-state index in [1.54, 1.807) is 6.07 Å². The Morgan fingerprint density at radius 3 is 2.24 bits per heavy atom. The number of benzene rings is 3. The molecule has 0 radical (unpaired) electrons. The molecule has 0 aromatic heterocycles. The third kappa shape index (κ3) is 3.68. The number of fused-ring (bicyclic) bond motifs is 1. The van der Waals surface area contributed by atoms with E-state index in [0.29, 0.717) is 30.0 Å². The molecule has 2 aliphatic rings. The molecule has 3 aromatic carbocycles. The number of nitrogens with zero attached hydrogens (tertiary/aromatic N) is 1. The highest BCUT2D eigenvalue weighted by molar-refractivity contribution is 5.51. The summed E-state index contributed by atoms with van der Waals surface area (Å²) in [5.41, 5.74) is 3.63. The Morgan fingerprint density at radius 1 is 0.862 bits per heavy atom. The van der Waals surface area contributed by atoms with Crippen molar-refractivity contribution in [1.82, 2.24) is 4.90 Å². The SMILES string of the molecule is Oc1cc2c(cc1CN1CCC(c3ccccc3)CC1c1ccccc1)OCO2. The molecule has 0 saturated carbocycles. The highest BCUT2D eigenvalue weighted by Crippen LogP contribution is 2.42. The van der Waals surface area contributed by atoms with Crippen LogP contribution in [0.15, 0.2) is 72.8 Å². The van der Waals surface area contributed by atoms with Gasteiger partial charge >= 0.3 is 0 Å². The molecule has 148 valence electrons. The molecule has 1 fully saturated rings. The number of piperidine rings is 1. The summed E-state index contributed by atoms with van der Waals surface area (Å²) in [5, 5.41) is 10.5. The maximum absolute atomic E-state index is 10.5. The molecule has 2 unspecified atom stereocenters. The number of rotatable bonds is 4. The van der Waals surface area contributed by atoms with Crippen LogP contribution in [-0.2, 0) is 6.54 Å². The van der Waals surface area contributed by atoms with Crippen molar-refractivity contribution in [3.05, 3.63) is 89.5 Å². The number of phenolic OH excluding ortho intramolecular Hbond substituents is 1. The van der Waals surface area contributed by atoms with E-state index in [9.17, 15) is 5.11 Å². The van der Waals surface area contributed by atoms with Crippen molar-refractivity contribution >= 4 is 0 Å². The van der Waals surface area contributed by atoms with E-state index in [-0.39, 0.29) is 12.5 Å². The number of ether oxygens (including phenoxy) is 2. The van der Waals surface area contributed by atoms with Crippen LogP contribution >= 0.6 is 0 Å². The average Bonchev–Trinajstić information content (AvgIpc) is 3.22. The van der Waals surface area contributed by atoms with Gasteiger partial charge in [0.25, 0.3) is 0 Å². The molecule has 3 aromatic rings. The Hall–Kier alpha value is -2.98. The monoisotopic (exact) mass is 387 g/mol. The molecule has 4 nitrogen and oxygen atoms in total. The Labute approximate surface area is 171 Å². The van der Waals surface area contributed by atoms with Gasteiger partial charge in [-0.05, 0) is 42.5 Å². The minimum Gasteiger partial charge on any atom is -0.507 e. The first kappa shape index (κ1) is 18.1. The lowest BCUT2D eigenvalue weighted by Gasteiger charge is -2.40. The van der Waals surface area contributed by atoms with Crippen LogP contribution in [0.2, 0.25) is 0 Å². The average molecular weight is 387 g/mol. The maximum Gasteiger partial charge on any atom is 0.231 e. The molecule has 2 aliphatic heterocycles. The van der Waals surface area contributed by atoms with Crippen molar-refractivity contribution in [3.8, 4) is 17.2 Å². The number of aromatic hydroxyl groups is 1. The van der Waals surface area contributed by atoms with Crippen LogP contribution in [-0.4, -0.2) is 23.3 Å². The molecule has 1 N–H and O–H groups in total. The summed E-state index contributed by atoms with van der Waals surface area (Å²) in [6, 6.07) is 25.4. The van der Waals surface area contributed by atoms with Crippen LogP contribution in [0.5, 0.6) is 17.2 Å². The summed E-state index contributed by atoms with van der Waals surface area (Å²) in [6.07, 6.45) is 2.18. The van der Waals surface area contributed by atoms with Gasteiger partial charge in [-0.15, -0.1) is 0 Å². The molecule has 29 heavy (non-hydrogen) atoms. The highest BCUT2D eigenvalue weighted by Gasteiger charge is 2.31. The number of hydrogen-bond donors (Lipinski definition) is 1. The fourth-order valence-corrected chi connectivity index (χ4v) is 4.57. The Balaban J connectivity index is 1.43. The number of phenols is 1. The largest absolute Gasteiger partial charge is 0.507 e. The molecule has 0 aliphatic carbocycles. The Bertz CT molecular complexity index is 974. The van der Waals surface area contributed by atoms with Crippen molar-refractivity contribution < 1.29 is 14.6 Å². The molecule has 4 heteroatoms. The molecule has 0 bridgehead atoms. The fourth-order valence-electron chi connectivity index (χ4n) is 4.57. The minimum absolute atomic E-state index is 0.216. The van der Waals surface area contributed by atoms with Crippen molar-refractivity contribution in [3.63, 3.8) is 0 Å². The van der Waals surface area contributed by atoms with Crippen molar-refractivity contribution in [2.75, 3.05) is 13.3 Å². The zero-order chi connectivity index (χ0) is 19.6. The zero-order valence-corrected chi connectivity index (χ0v) is 16.3. The van der Waals surface area contributed by atoms with E-state index in [1.807, 2.05) is 6.07 Å². The van der Waals surface area contributed by atoms with Crippen LogP contribution in [0.4, 0.5) is 0 Å². The van der Waals surface area contributed by atoms with E-state index < -0.39 is 0 Å². The van der Waals surface area contributed by atoms with Crippen LogP contribution < -0.4 is 9.47 Å².